The van der Waals surface area contributed by atoms with E-state index >= 15 is 0 Å². The monoisotopic (exact) mass is 524 g/mol. The van der Waals surface area contributed by atoms with Gasteiger partial charge in [-0.1, -0.05) is 25.1 Å². The number of amidine groups is 1. The predicted octanol–water partition coefficient (Wildman–Crippen LogP) is 5.70. The highest BCUT2D eigenvalue weighted by atomic mass is 32.2. The second-order valence-corrected chi connectivity index (χ2v) is 10.7. The van der Waals surface area contributed by atoms with Gasteiger partial charge in [-0.3, -0.25) is 9.69 Å². The highest BCUT2D eigenvalue weighted by Crippen LogP contribution is 2.51. The number of rotatable bonds is 7. The Morgan fingerprint density at radius 1 is 1.03 bits per heavy atom. The Morgan fingerprint density at radius 2 is 1.81 bits per heavy atom. The smallest absolute Gasteiger partial charge is 0.269 e. The first-order valence-electron chi connectivity index (χ1n) is 12.5. The Labute approximate surface area is 221 Å². The molecule has 3 aliphatic rings. The number of carbonyl (C=O) groups is 1. The molecule has 0 radical (unpaired) electrons. The molecule has 3 aliphatic heterocycles. The fraction of sp³-hybridized carbons (Fsp3) is 0.407. The third-order valence-electron chi connectivity index (χ3n) is 6.47. The molecule has 0 spiro atoms. The topological polar surface area (TPSA) is 57.6 Å². The van der Waals surface area contributed by atoms with Crippen molar-refractivity contribution in [2.45, 2.75) is 31.6 Å². The van der Waals surface area contributed by atoms with E-state index in [0.29, 0.717) is 6.54 Å². The number of fused-ring (bicyclic) bond motifs is 1. The van der Waals surface area contributed by atoms with Gasteiger partial charge in [0.05, 0.1) is 31.7 Å². The van der Waals surface area contributed by atoms with Gasteiger partial charge in [0.1, 0.15) is 15.7 Å². The molecule has 0 bridgehead atoms. The predicted molar refractivity (Wildman–Crippen MR) is 150 cm³/mol. The first kappa shape index (κ1) is 25.0. The maximum atomic E-state index is 13.7. The summed E-state index contributed by atoms with van der Waals surface area (Å²) in [6.45, 7) is 9.01. The summed E-state index contributed by atoms with van der Waals surface area (Å²) in [5.74, 6) is 0.856. The fourth-order valence-electron chi connectivity index (χ4n) is 4.47. The van der Waals surface area contributed by atoms with Crippen LogP contribution >= 0.6 is 23.5 Å². The largest absolute Gasteiger partial charge is 0.497 e. The number of anilines is 2. The van der Waals surface area contributed by atoms with E-state index in [0.717, 1.165) is 82.8 Å². The number of thioether (sulfide) groups is 2. The third-order valence-corrected chi connectivity index (χ3v) is 8.85. The van der Waals surface area contributed by atoms with Crippen molar-refractivity contribution in [2.75, 3.05) is 56.3 Å². The zero-order chi connectivity index (χ0) is 25.1. The summed E-state index contributed by atoms with van der Waals surface area (Å²) >= 11 is 3.14. The fourth-order valence-corrected chi connectivity index (χ4v) is 6.87. The summed E-state index contributed by atoms with van der Waals surface area (Å²) < 4.78 is 10.9. The molecule has 9 heteroatoms. The molecule has 36 heavy (non-hydrogen) atoms. The minimum atomic E-state index is 0.0397. The number of methoxy groups -OCH3 is 1. The lowest BCUT2D eigenvalue weighted by Gasteiger charge is -2.28. The lowest BCUT2D eigenvalue weighted by Crippen LogP contribution is -2.36. The number of aliphatic imine (C=N–C) groups is 1. The number of benzene rings is 2. The van der Waals surface area contributed by atoms with E-state index in [2.05, 4.69) is 41.8 Å². The van der Waals surface area contributed by atoms with Crippen molar-refractivity contribution < 1.29 is 14.3 Å². The summed E-state index contributed by atoms with van der Waals surface area (Å²) in [6.07, 6.45) is 1.95. The standard InChI is InChI=1S/C27H32N4O3S2/c1-4-6-13-31-25(32)24(26-30(5-2)22-18-21(33-3)11-12-23(22)35-26)36-27(31)28-19-7-9-20(10-8-19)29-14-16-34-17-15-29/h7-12,18H,4-6,13-17H2,1-3H3/b26-24+,28-27?. The Bertz CT molecular complexity index is 1180. The zero-order valence-electron chi connectivity index (χ0n) is 21.0. The number of ether oxygens (including phenoxy) is 2. The molecule has 0 atom stereocenters. The third kappa shape index (κ3) is 4.96. The van der Waals surface area contributed by atoms with Crippen LogP contribution < -0.4 is 14.5 Å². The van der Waals surface area contributed by atoms with Gasteiger partial charge in [0.15, 0.2) is 5.17 Å². The number of hydrogen-bond donors (Lipinski definition) is 0. The SMILES string of the molecule is CCCCN1C(=O)/C(=C2\Sc3ccc(OC)cc3N2CC)SC1=Nc1ccc(N2CCOCC2)cc1. The van der Waals surface area contributed by atoms with Crippen molar-refractivity contribution in [1.29, 1.82) is 0 Å². The molecule has 7 nitrogen and oxygen atoms in total. The van der Waals surface area contributed by atoms with E-state index in [1.54, 1.807) is 18.9 Å². The van der Waals surface area contributed by atoms with Crippen molar-refractivity contribution in [3.05, 3.63) is 52.4 Å². The van der Waals surface area contributed by atoms with Crippen molar-refractivity contribution >= 4 is 51.7 Å². The minimum absolute atomic E-state index is 0.0397. The highest BCUT2D eigenvalue weighted by Gasteiger charge is 2.39. The molecule has 0 N–H and O–H groups in total. The molecule has 0 unspecified atom stereocenters. The molecule has 2 aromatic carbocycles. The number of amides is 1. The molecule has 0 saturated carbocycles. The molecule has 0 aliphatic carbocycles. The first-order valence-corrected chi connectivity index (χ1v) is 14.1. The second-order valence-electron chi connectivity index (χ2n) is 8.74. The Kier molecular flexibility index (Phi) is 7.79. The van der Waals surface area contributed by atoms with Crippen LogP contribution in [0.4, 0.5) is 17.1 Å². The number of carbonyl (C=O) groups excluding carboxylic acids is 1. The highest BCUT2D eigenvalue weighted by molar-refractivity contribution is 8.19. The van der Waals surface area contributed by atoms with Gasteiger partial charge in [-0.25, -0.2) is 4.99 Å². The van der Waals surface area contributed by atoms with E-state index < -0.39 is 0 Å². The van der Waals surface area contributed by atoms with Gasteiger partial charge in [0, 0.05) is 42.8 Å². The van der Waals surface area contributed by atoms with E-state index in [-0.39, 0.29) is 5.91 Å². The van der Waals surface area contributed by atoms with Crippen LogP contribution in [0.2, 0.25) is 0 Å². The van der Waals surface area contributed by atoms with Crippen LogP contribution in [0.15, 0.2) is 62.3 Å². The average molecular weight is 525 g/mol. The van der Waals surface area contributed by atoms with Crippen LogP contribution in [0.25, 0.3) is 0 Å². The van der Waals surface area contributed by atoms with Crippen LogP contribution in [0.1, 0.15) is 26.7 Å². The summed E-state index contributed by atoms with van der Waals surface area (Å²) in [5, 5.41) is 1.73. The van der Waals surface area contributed by atoms with Crippen molar-refractivity contribution in [2.24, 2.45) is 4.99 Å². The normalized spacial score (nSPS) is 21.0. The molecule has 2 aromatic rings. The molecule has 5 rings (SSSR count). The van der Waals surface area contributed by atoms with Gasteiger partial charge >= 0.3 is 0 Å². The van der Waals surface area contributed by atoms with Crippen molar-refractivity contribution in [3.63, 3.8) is 0 Å². The Hall–Kier alpha value is -2.62. The summed E-state index contributed by atoms with van der Waals surface area (Å²) in [5.41, 5.74) is 3.12. The van der Waals surface area contributed by atoms with Crippen LogP contribution in [-0.4, -0.2) is 62.5 Å². The average Bonchev–Trinajstić information content (AvgIpc) is 3.44. The van der Waals surface area contributed by atoms with Gasteiger partial charge in [-0.2, -0.15) is 0 Å². The minimum Gasteiger partial charge on any atom is -0.497 e. The lowest BCUT2D eigenvalue weighted by molar-refractivity contribution is -0.122. The van der Waals surface area contributed by atoms with Gasteiger partial charge in [-0.05, 0) is 61.5 Å². The summed E-state index contributed by atoms with van der Waals surface area (Å²) in [4.78, 5) is 26.9. The zero-order valence-corrected chi connectivity index (χ0v) is 22.7. The van der Waals surface area contributed by atoms with Gasteiger partial charge < -0.3 is 19.3 Å². The number of unbranched alkanes of at least 4 members (excludes halogenated alkanes) is 1. The van der Waals surface area contributed by atoms with Crippen LogP contribution in [-0.2, 0) is 9.53 Å². The maximum Gasteiger partial charge on any atom is 0.269 e. The summed E-state index contributed by atoms with van der Waals surface area (Å²) in [7, 11) is 1.68. The molecule has 2 saturated heterocycles. The van der Waals surface area contributed by atoms with E-state index in [9.17, 15) is 4.79 Å². The van der Waals surface area contributed by atoms with E-state index in [4.69, 9.17) is 14.5 Å². The van der Waals surface area contributed by atoms with Crippen molar-refractivity contribution in [3.8, 4) is 5.75 Å². The molecule has 3 heterocycles. The first-order chi connectivity index (χ1) is 17.6. The molecular weight excluding hydrogens is 492 g/mol. The van der Waals surface area contributed by atoms with Gasteiger partial charge in [0.25, 0.3) is 5.91 Å². The van der Waals surface area contributed by atoms with Crippen LogP contribution in [0, 0.1) is 0 Å². The lowest BCUT2D eigenvalue weighted by atomic mass is 10.2. The molecule has 0 aromatic heterocycles. The molecule has 190 valence electrons. The molecular formula is C27H32N4O3S2. The van der Waals surface area contributed by atoms with Crippen LogP contribution in [0.5, 0.6) is 5.75 Å². The van der Waals surface area contributed by atoms with E-state index in [1.165, 1.54) is 17.4 Å². The second kappa shape index (κ2) is 11.2. The number of morpholine rings is 1. The van der Waals surface area contributed by atoms with E-state index in [1.807, 2.05) is 29.2 Å². The quantitative estimate of drug-likeness (QED) is 0.431. The molecule has 2 fully saturated rings. The number of nitrogens with zero attached hydrogens (tertiary/aromatic N) is 4. The number of hydrogen-bond acceptors (Lipinski definition) is 8. The molecule has 1 amide bonds. The van der Waals surface area contributed by atoms with Crippen LogP contribution in [0.3, 0.4) is 0 Å². The maximum absolute atomic E-state index is 13.7. The van der Waals surface area contributed by atoms with Crippen molar-refractivity contribution in [1.82, 2.24) is 4.90 Å². The Morgan fingerprint density at radius 3 is 2.50 bits per heavy atom. The Balaban J connectivity index is 1.45. The van der Waals surface area contributed by atoms with Gasteiger partial charge in [0.2, 0.25) is 0 Å². The van der Waals surface area contributed by atoms with Gasteiger partial charge in [-0.15, -0.1) is 0 Å². The summed E-state index contributed by atoms with van der Waals surface area (Å²) in [6, 6.07) is 14.4.